The highest BCUT2D eigenvalue weighted by molar-refractivity contribution is 7.89. The molecule has 5 nitrogen and oxygen atoms in total. The highest BCUT2D eigenvalue weighted by atomic mass is 32.2. The molecule has 0 radical (unpaired) electrons. The SMILES string of the molecule is COc1ccc(C)cc1S(=O)(=O)N1CC[C@@H](O)C1. The second-order valence-electron chi connectivity index (χ2n) is 4.46. The summed E-state index contributed by atoms with van der Waals surface area (Å²) in [4.78, 5) is 0.166. The third-order valence-corrected chi connectivity index (χ3v) is 4.95. The molecule has 1 N–H and O–H groups in total. The summed E-state index contributed by atoms with van der Waals surface area (Å²) in [7, 11) is -2.14. The van der Waals surface area contributed by atoms with Crippen LogP contribution in [0.2, 0.25) is 0 Å². The van der Waals surface area contributed by atoms with Crippen LogP contribution >= 0.6 is 0 Å². The van der Waals surface area contributed by atoms with Crippen LogP contribution in [-0.2, 0) is 10.0 Å². The topological polar surface area (TPSA) is 66.8 Å². The van der Waals surface area contributed by atoms with Gasteiger partial charge in [0.05, 0.1) is 13.2 Å². The molecule has 100 valence electrons. The lowest BCUT2D eigenvalue weighted by Gasteiger charge is -2.18. The molecule has 0 unspecified atom stereocenters. The molecule has 0 aliphatic carbocycles. The zero-order valence-electron chi connectivity index (χ0n) is 10.5. The van der Waals surface area contributed by atoms with Gasteiger partial charge < -0.3 is 9.84 Å². The van der Waals surface area contributed by atoms with Gasteiger partial charge in [0.2, 0.25) is 10.0 Å². The lowest BCUT2D eigenvalue weighted by atomic mass is 10.2. The predicted molar refractivity (Wildman–Crippen MR) is 67.1 cm³/mol. The van der Waals surface area contributed by atoms with E-state index in [0.29, 0.717) is 18.7 Å². The predicted octanol–water partition coefficient (Wildman–Crippen LogP) is 0.759. The first-order valence-electron chi connectivity index (χ1n) is 5.78. The summed E-state index contributed by atoms with van der Waals surface area (Å²) < 4.78 is 31.3. The first-order valence-corrected chi connectivity index (χ1v) is 7.22. The number of methoxy groups -OCH3 is 1. The Morgan fingerprint density at radius 3 is 2.72 bits per heavy atom. The number of aliphatic hydroxyl groups is 1. The molecule has 2 rings (SSSR count). The van der Waals surface area contributed by atoms with Crippen LogP contribution in [-0.4, -0.2) is 44.1 Å². The number of hydrogen-bond acceptors (Lipinski definition) is 4. The Balaban J connectivity index is 2.43. The first kappa shape index (κ1) is 13.3. The van der Waals surface area contributed by atoms with E-state index in [1.165, 1.54) is 11.4 Å². The Labute approximate surface area is 107 Å². The molecule has 1 heterocycles. The summed E-state index contributed by atoms with van der Waals surface area (Å²) in [6.45, 7) is 2.33. The van der Waals surface area contributed by atoms with Crippen LogP contribution in [0.1, 0.15) is 12.0 Å². The van der Waals surface area contributed by atoms with Crippen LogP contribution in [0.3, 0.4) is 0 Å². The van der Waals surface area contributed by atoms with E-state index in [1.807, 2.05) is 6.92 Å². The maximum Gasteiger partial charge on any atom is 0.246 e. The molecule has 1 aliphatic rings. The summed E-state index contributed by atoms with van der Waals surface area (Å²) in [6.07, 6.45) is -0.0940. The third kappa shape index (κ3) is 2.36. The molecule has 1 aromatic carbocycles. The Kier molecular flexibility index (Phi) is 3.61. The molecule has 0 aromatic heterocycles. The van der Waals surface area contributed by atoms with Crippen LogP contribution in [0.5, 0.6) is 5.75 Å². The minimum Gasteiger partial charge on any atom is -0.495 e. The molecule has 1 fully saturated rings. The van der Waals surface area contributed by atoms with Gasteiger partial charge in [-0.1, -0.05) is 6.07 Å². The third-order valence-electron chi connectivity index (χ3n) is 3.06. The molecule has 0 spiro atoms. The average Bonchev–Trinajstić information content (AvgIpc) is 2.76. The van der Waals surface area contributed by atoms with Gasteiger partial charge in [0.25, 0.3) is 0 Å². The number of nitrogens with zero attached hydrogens (tertiary/aromatic N) is 1. The molecule has 0 bridgehead atoms. The van der Waals surface area contributed by atoms with Gasteiger partial charge in [-0.3, -0.25) is 0 Å². The van der Waals surface area contributed by atoms with Gasteiger partial charge in [0, 0.05) is 13.1 Å². The van der Waals surface area contributed by atoms with E-state index in [9.17, 15) is 13.5 Å². The summed E-state index contributed by atoms with van der Waals surface area (Å²) >= 11 is 0. The number of rotatable bonds is 3. The fourth-order valence-corrected chi connectivity index (χ4v) is 3.79. The molecule has 1 aromatic rings. The maximum atomic E-state index is 12.4. The van der Waals surface area contributed by atoms with Gasteiger partial charge in [-0.25, -0.2) is 8.42 Å². The molecule has 0 amide bonds. The summed E-state index contributed by atoms with van der Waals surface area (Å²) in [5.41, 5.74) is 0.856. The monoisotopic (exact) mass is 271 g/mol. The zero-order valence-corrected chi connectivity index (χ0v) is 11.3. The van der Waals surface area contributed by atoms with Crippen LogP contribution in [0, 0.1) is 6.92 Å². The lowest BCUT2D eigenvalue weighted by Crippen LogP contribution is -2.30. The number of hydrogen-bond donors (Lipinski definition) is 1. The number of sulfonamides is 1. The Morgan fingerprint density at radius 1 is 1.44 bits per heavy atom. The Bertz CT molecular complexity index is 541. The van der Waals surface area contributed by atoms with E-state index in [1.54, 1.807) is 18.2 Å². The minimum absolute atomic E-state index is 0.152. The van der Waals surface area contributed by atoms with Gasteiger partial charge in [-0.15, -0.1) is 0 Å². The molecule has 18 heavy (non-hydrogen) atoms. The highest BCUT2D eigenvalue weighted by Gasteiger charge is 2.33. The number of aliphatic hydroxyl groups excluding tert-OH is 1. The fraction of sp³-hybridized carbons (Fsp3) is 0.500. The van der Waals surface area contributed by atoms with E-state index in [2.05, 4.69) is 0 Å². The molecule has 1 saturated heterocycles. The van der Waals surface area contributed by atoms with E-state index in [4.69, 9.17) is 4.74 Å². The van der Waals surface area contributed by atoms with Crippen molar-refractivity contribution in [3.05, 3.63) is 23.8 Å². The van der Waals surface area contributed by atoms with Crippen LogP contribution in [0.25, 0.3) is 0 Å². The van der Waals surface area contributed by atoms with Crippen molar-refractivity contribution in [1.82, 2.24) is 4.31 Å². The van der Waals surface area contributed by atoms with Gasteiger partial charge in [-0.05, 0) is 31.0 Å². The van der Waals surface area contributed by atoms with Crippen molar-refractivity contribution in [1.29, 1.82) is 0 Å². The van der Waals surface area contributed by atoms with Crippen molar-refractivity contribution in [2.24, 2.45) is 0 Å². The molecule has 0 saturated carbocycles. The van der Waals surface area contributed by atoms with Gasteiger partial charge >= 0.3 is 0 Å². The molecular formula is C12H17NO4S. The summed E-state index contributed by atoms with van der Waals surface area (Å²) in [6, 6.07) is 5.05. The second kappa shape index (κ2) is 4.87. The van der Waals surface area contributed by atoms with E-state index < -0.39 is 16.1 Å². The molecule has 6 heteroatoms. The maximum absolute atomic E-state index is 12.4. The van der Waals surface area contributed by atoms with Crippen molar-refractivity contribution < 1.29 is 18.3 Å². The summed E-state index contributed by atoms with van der Waals surface area (Å²) in [5.74, 6) is 0.335. The Hall–Kier alpha value is -1.11. The minimum atomic E-state index is -3.59. The van der Waals surface area contributed by atoms with E-state index >= 15 is 0 Å². The smallest absolute Gasteiger partial charge is 0.246 e. The highest BCUT2D eigenvalue weighted by Crippen LogP contribution is 2.29. The average molecular weight is 271 g/mol. The number of ether oxygens (including phenoxy) is 1. The van der Waals surface area contributed by atoms with Gasteiger partial charge in [0.1, 0.15) is 10.6 Å². The van der Waals surface area contributed by atoms with Gasteiger partial charge in [-0.2, -0.15) is 4.31 Å². The fourth-order valence-electron chi connectivity index (χ4n) is 2.05. The summed E-state index contributed by atoms with van der Waals surface area (Å²) in [5, 5.41) is 9.45. The van der Waals surface area contributed by atoms with Crippen molar-refractivity contribution in [3.63, 3.8) is 0 Å². The zero-order chi connectivity index (χ0) is 13.3. The molecular weight excluding hydrogens is 254 g/mol. The van der Waals surface area contributed by atoms with Crippen molar-refractivity contribution in [2.45, 2.75) is 24.3 Å². The van der Waals surface area contributed by atoms with Gasteiger partial charge in [0.15, 0.2) is 0 Å². The number of β-amino-alcohol motifs (C(OH)–C–C–N with tert-alkyl or cyclic N) is 1. The number of benzene rings is 1. The molecule has 1 aliphatic heterocycles. The quantitative estimate of drug-likeness (QED) is 0.881. The van der Waals surface area contributed by atoms with Crippen LogP contribution in [0.4, 0.5) is 0 Å². The first-order chi connectivity index (χ1) is 8.45. The largest absolute Gasteiger partial charge is 0.495 e. The van der Waals surface area contributed by atoms with Crippen LogP contribution < -0.4 is 4.74 Å². The lowest BCUT2D eigenvalue weighted by molar-refractivity contribution is 0.189. The standard InChI is InChI=1S/C12H17NO4S/c1-9-3-4-11(17-2)12(7-9)18(15,16)13-6-5-10(14)8-13/h3-4,7,10,14H,5-6,8H2,1-2H3/t10-/m1/s1. The van der Waals surface area contributed by atoms with E-state index in [-0.39, 0.29) is 11.4 Å². The van der Waals surface area contributed by atoms with Crippen LogP contribution in [0.15, 0.2) is 23.1 Å². The van der Waals surface area contributed by atoms with Crippen molar-refractivity contribution >= 4 is 10.0 Å². The second-order valence-corrected chi connectivity index (χ2v) is 6.37. The van der Waals surface area contributed by atoms with Crippen molar-refractivity contribution in [3.8, 4) is 5.75 Å². The number of aryl methyl sites for hydroxylation is 1. The normalized spacial score (nSPS) is 21.2. The molecule has 1 atom stereocenters. The van der Waals surface area contributed by atoms with E-state index in [0.717, 1.165) is 5.56 Å². The Morgan fingerprint density at radius 2 is 2.17 bits per heavy atom. The van der Waals surface area contributed by atoms with Crippen molar-refractivity contribution in [2.75, 3.05) is 20.2 Å².